The van der Waals surface area contributed by atoms with Crippen molar-refractivity contribution < 1.29 is 22.2 Å². The average Bonchev–Trinajstić information content (AvgIpc) is 2.53. The lowest BCUT2D eigenvalue weighted by molar-refractivity contribution is 0.0976. The maximum Gasteiger partial charge on any atom is 0.257 e. The number of carbonyl (C=O) groups is 1. The molecule has 6 N–H and O–H groups in total. The number of nitrogens with two attached hydrogens (primary N) is 1. The molecule has 0 saturated heterocycles. The lowest BCUT2D eigenvalue weighted by Crippen LogP contribution is -2.42. The molecule has 0 spiro atoms. The Balaban J connectivity index is 2.02. The minimum atomic E-state index is -3.65. The summed E-state index contributed by atoms with van der Waals surface area (Å²) in [5.41, 5.74) is 0.190. The van der Waals surface area contributed by atoms with E-state index in [1.807, 2.05) is 4.72 Å². The molecule has 0 bridgehead atoms. The van der Waals surface area contributed by atoms with Crippen LogP contribution >= 0.6 is 0 Å². The first-order valence-corrected chi connectivity index (χ1v) is 10.8. The van der Waals surface area contributed by atoms with Crippen LogP contribution in [0.15, 0.2) is 53.4 Å². The Hall–Kier alpha value is -2.96. The Morgan fingerprint density at radius 3 is 1.93 bits per heavy atom. The van der Waals surface area contributed by atoms with Gasteiger partial charge >= 0.3 is 0 Å². The summed E-state index contributed by atoms with van der Waals surface area (Å²) < 4.78 is 48.1. The van der Waals surface area contributed by atoms with Crippen LogP contribution in [0.5, 0.6) is 11.5 Å². The summed E-state index contributed by atoms with van der Waals surface area (Å²) in [5, 5.41) is 14.7. The fourth-order valence-corrected chi connectivity index (χ4v) is 2.88. The quantitative estimate of drug-likeness (QED) is 0.363. The maximum atomic E-state index is 12.0. The van der Waals surface area contributed by atoms with Crippen LogP contribution < -0.4 is 19.9 Å². The first-order valence-electron chi connectivity index (χ1n) is 7.26. The molecule has 2 aromatic rings. The molecule has 12 heteroatoms. The maximum absolute atomic E-state index is 12.0. The van der Waals surface area contributed by atoms with Gasteiger partial charge in [-0.15, -0.1) is 0 Å². The van der Waals surface area contributed by atoms with E-state index in [0.717, 1.165) is 6.26 Å². The van der Waals surface area contributed by atoms with Crippen molar-refractivity contribution >= 4 is 31.8 Å². The Bertz CT molecular complexity index is 1060. The highest BCUT2D eigenvalue weighted by molar-refractivity contribution is 7.90. The van der Waals surface area contributed by atoms with Gasteiger partial charge in [0.1, 0.15) is 21.4 Å². The fraction of sp³-hybridized carbons (Fsp3) is 0.0667. The van der Waals surface area contributed by atoms with Crippen molar-refractivity contribution in [1.29, 1.82) is 10.2 Å². The molecule has 0 fully saturated rings. The van der Waals surface area contributed by atoms with Crippen LogP contribution in [0, 0.1) is 10.2 Å². The summed E-state index contributed by atoms with van der Waals surface area (Å²) in [5.74, 6) is -0.504. The van der Waals surface area contributed by atoms with E-state index in [0.29, 0.717) is 11.5 Å². The number of amides is 1. The SMILES string of the molecule is CS(=O)(=O)NC(=N)NC(=O)c1ccc(Oc2ccc(S(=N)(N)=O)cc2)cc1. The van der Waals surface area contributed by atoms with Crippen molar-refractivity contribution in [3.05, 3.63) is 54.1 Å². The highest BCUT2D eigenvalue weighted by atomic mass is 32.2. The third-order valence-electron chi connectivity index (χ3n) is 3.05. The van der Waals surface area contributed by atoms with Crippen LogP contribution in [0.25, 0.3) is 0 Å². The van der Waals surface area contributed by atoms with Crippen molar-refractivity contribution in [3.63, 3.8) is 0 Å². The number of hydrogen-bond acceptors (Lipinski definition) is 7. The van der Waals surface area contributed by atoms with E-state index >= 15 is 0 Å². The van der Waals surface area contributed by atoms with Crippen molar-refractivity contribution in [2.75, 3.05) is 6.26 Å². The lowest BCUT2D eigenvalue weighted by atomic mass is 10.2. The zero-order valence-electron chi connectivity index (χ0n) is 14.1. The second kappa shape index (κ2) is 7.73. The molecule has 1 amide bonds. The molecule has 0 aliphatic rings. The monoisotopic (exact) mass is 411 g/mol. The normalized spacial score (nSPS) is 13.3. The van der Waals surface area contributed by atoms with E-state index in [-0.39, 0.29) is 10.5 Å². The summed E-state index contributed by atoms with van der Waals surface area (Å²) >= 11 is 0. The number of benzene rings is 2. The molecule has 10 nitrogen and oxygen atoms in total. The molecule has 144 valence electrons. The molecule has 27 heavy (non-hydrogen) atoms. The molecule has 0 heterocycles. The van der Waals surface area contributed by atoms with Crippen molar-refractivity contribution in [2.45, 2.75) is 4.90 Å². The van der Waals surface area contributed by atoms with Crippen LogP contribution in [0.4, 0.5) is 0 Å². The van der Waals surface area contributed by atoms with E-state index in [1.165, 1.54) is 48.5 Å². The highest BCUT2D eigenvalue weighted by Gasteiger charge is 2.11. The van der Waals surface area contributed by atoms with Gasteiger partial charge < -0.3 is 4.74 Å². The summed E-state index contributed by atoms with van der Waals surface area (Å²) in [6.07, 6.45) is 0.863. The van der Waals surface area contributed by atoms with Crippen LogP contribution in [0.2, 0.25) is 0 Å². The van der Waals surface area contributed by atoms with Crippen molar-refractivity contribution in [2.24, 2.45) is 5.14 Å². The molecule has 0 aromatic heterocycles. The van der Waals surface area contributed by atoms with Gasteiger partial charge in [-0.2, -0.15) is 0 Å². The van der Waals surface area contributed by atoms with E-state index < -0.39 is 31.8 Å². The molecule has 0 radical (unpaired) electrons. The predicted octanol–water partition coefficient (Wildman–Crippen LogP) is 0.972. The number of nitrogens with one attached hydrogen (secondary N) is 4. The van der Waals surface area contributed by atoms with Gasteiger partial charge in [0.2, 0.25) is 16.0 Å². The molecule has 1 unspecified atom stereocenters. The van der Waals surface area contributed by atoms with E-state index in [4.69, 9.17) is 20.1 Å². The smallest absolute Gasteiger partial charge is 0.257 e. The van der Waals surface area contributed by atoms with Crippen LogP contribution in [-0.4, -0.2) is 30.7 Å². The standard InChI is InChI=1S/C15H17N5O5S2/c1-26(22,23)20-15(16)19-14(21)10-2-4-11(5-3-10)25-12-6-8-13(9-7-12)27(17,18)24/h2-9H,1H3,(H3,17,18,24)(H3,16,19,20,21). The van der Waals surface area contributed by atoms with Crippen LogP contribution in [0.1, 0.15) is 10.4 Å². The average molecular weight is 411 g/mol. The zero-order chi connectivity index (χ0) is 20.2. The third-order valence-corrected chi connectivity index (χ3v) is 4.60. The van der Waals surface area contributed by atoms with Crippen LogP contribution in [0.3, 0.4) is 0 Å². The molecule has 2 aromatic carbocycles. The van der Waals surface area contributed by atoms with Gasteiger partial charge in [-0.1, -0.05) is 0 Å². The summed E-state index contributed by atoms with van der Waals surface area (Å²) in [4.78, 5) is 12.1. The van der Waals surface area contributed by atoms with Gasteiger partial charge in [-0.3, -0.25) is 20.2 Å². The van der Waals surface area contributed by atoms with E-state index in [1.54, 1.807) is 0 Å². The molecular weight excluding hydrogens is 394 g/mol. The minimum Gasteiger partial charge on any atom is -0.457 e. The Morgan fingerprint density at radius 2 is 1.48 bits per heavy atom. The molecular formula is C15H17N5O5S2. The van der Waals surface area contributed by atoms with E-state index in [9.17, 15) is 17.4 Å². The first-order chi connectivity index (χ1) is 12.4. The fourth-order valence-electron chi connectivity index (χ4n) is 1.92. The third kappa shape index (κ3) is 6.36. The van der Waals surface area contributed by atoms with Gasteiger partial charge in [0, 0.05) is 5.56 Å². The Kier molecular flexibility index (Phi) is 5.83. The number of sulfonamides is 1. The molecule has 0 aliphatic carbocycles. The summed E-state index contributed by atoms with van der Waals surface area (Å²) in [7, 11) is -6.94. The Morgan fingerprint density at radius 1 is 1.00 bits per heavy atom. The minimum absolute atomic E-state index is 0.173. The molecule has 2 rings (SSSR count). The molecule has 0 aliphatic heterocycles. The van der Waals surface area contributed by atoms with Gasteiger partial charge in [0.25, 0.3) is 5.91 Å². The second-order valence-electron chi connectivity index (χ2n) is 5.40. The number of guanidine groups is 1. The number of hydrogen-bond donors (Lipinski definition) is 5. The Labute approximate surface area is 156 Å². The topological polar surface area (TPSA) is 175 Å². The van der Waals surface area contributed by atoms with E-state index in [2.05, 4.69) is 5.32 Å². The zero-order valence-corrected chi connectivity index (χ0v) is 15.7. The highest BCUT2D eigenvalue weighted by Crippen LogP contribution is 2.23. The van der Waals surface area contributed by atoms with Gasteiger partial charge in [0.15, 0.2) is 0 Å². The number of ether oxygens (including phenoxy) is 1. The lowest BCUT2D eigenvalue weighted by Gasteiger charge is -2.09. The second-order valence-corrected chi connectivity index (χ2v) is 8.82. The van der Waals surface area contributed by atoms with Crippen molar-refractivity contribution in [3.8, 4) is 11.5 Å². The number of carbonyl (C=O) groups excluding carboxylic acids is 1. The van der Waals surface area contributed by atoms with Gasteiger partial charge in [-0.25, -0.2) is 22.5 Å². The molecule has 0 saturated carbocycles. The van der Waals surface area contributed by atoms with Crippen LogP contribution in [-0.2, 0) is 19.9 Å². The molecule has 1 atom stereocenters. The first kappa shape index (κ1) is 20.4. The van der Waals surface area contributed by atoms with Crippen molar-refractivity contribution in [1.82, 2.24) is 10.0 Å². The van der Waals surface area contributed by atoms with Gasteiger partial charge in [0.05, 0.1) is 11.2 Å². The van der Waals surface area contributed by atoms with Gasteiger partial charge in [-0.05, 0) is 48.5 Å². The summed E-state index contributed by atoms with van der Waals surface area (Å²) in [6, 6.07) is 11.7. The number of rotatable bonds is 5. The summed E-state index contributed by atoms with van der Waals surface area (Å²) in [6.45, 7) is 0. The predicted molar refractivity (Wildman–Crippen MR) is 99.4 cm³/mol. The largest absolute Gasteiger partial charge is 0.457 e.